The SMILES string of the molecule is CCCNC(C)(CCCSc1cnn(C)c1)C(=O)OC. The van der Waals surface area contributed by atoms with E-state index in [1.807, 2.05) is 26.4 Å². The van der Waals surface area contributed by atoms with Gasteiger partial charge in [-0.25, -0.2) is 0 Å². The number of aromatic nitrogens is 2. The van der Waals surface area contributed by atoms with Gasteiger partial charge in [-0.1, -0.05) is 6.92 Å². The first-order chi connectivity index (χ1) is 9.51. The van der Waals surface area contributed by atoms with Crippen molar-refractivity contribution in [2.45, 2.75) is 43.5 Å². The molecule has 0 saturated carbocycles. The number of hydrogen-bond acceptors (Lipinski definition) is 5. The van der Waals surface area contributed by atoms with Gasteiger partial charge in [0.05, 0.1) is 13.3 Å². The molecular weight excluding hydrogens is 274 g/mol. The Bertz CT molecular complexity index is 422. The summed E-state index contributed by atoms with van der Waals surface area (Å²) < 4.78 is 6.70. The van der Waals surface area contributed by atoms with Crippen molar-refractivity contribution in [2.24, 2.45) is 7.05 Å². The van der Waals surface area contributed by atoms with Crippen LogP contribution in [0.2, 0.25) is 0 Å². The monoisotopic (exact) mass is 299 g/mol. The lowest BCUT2D eigenvalue weighted by molar-refractivity contribution is -0.148. The third-order valence-corrected chi connectivity index (χ3v) is 4.21. The second-order valence-corrected chi connectivity index (χ2v) is 6.22. The quantitative estimate of drug-likeness (QED) is 0.430. The molecule has 0 aliphatic rings. The number of carbonyl (C=O) groups excluding carboxylic acids is 1. The average molecular weight is 299 g/mol. The molecule has 0 fully saturated rings. The molecule has 20 heavy (non-hydrogen) atoms. The van der Waals surface area contributed by atoms with E-state index in [9.17, 15) is 4.79 Å². The zero-order valence-electron chi connectivity index (χ0n) is 12.8. The first-order valence-corrected chi connectivity index (χ1v) is 7.95. The summed E-state index contributed by atoms with van der Waals surface area (Å²) in [5, 5.41) is 7.43. The predicted molar refractivity (Wildman–Crippen MR) is 81.9 cm³/mol. The molecule has 0 amide bonds. The van der Waals surface area contributed by atoms with Crippen LogP contribution in [0.4, 0.5) is 0 Å². The molecule has 5 nitrogen and oxygen atoms in total. The van der Waals surface area contributed by atoms with Gasteiger partial charge in [-0.2, -0.15) is 5.10 Å². The van der Waals surface area contributed by atoms with Crippen molar-refractivity contribution in [1.82, 2.24) is 15.1 Å². The molecule has 0 aromatic carbocycles. The van der Waals surface area contributed by atoms with Gasteiger partial charge in [0.15, 0.2) is 0 Å². The van der Waals surface area contributed by atoms with Gasteiger partial charge in [-0.15, -0.1) is 11.8 Å². The molecule has 1 atom stereocenters. The molecule has 1 rings (SSSR count). The lowest BCUT2D eigenvalue weighted by Crippen LogP contribution is -2.50. The minimum absolute atomic E-state index is 0.183. The van der Waals surface area contributed by atoms with E-state index in [-0.39, 0.29) is 5.97 Å². The highest BCUT2D eigenvalue weighted by atomic mass is 32.2. The first-order valence-electron chi connectivity index (χ1n) is 6.96. The number of nitrogens with one attached hydrogen (secondary N) is 1. The standard InChI is InChI=1S/C14H25N3O2S/c1-5-8-15-14(2,13(18)19-4)7-6-9-20-12-10-16-17(3)11-12/h10-11,15H,5-9H2,1-4H3. The summed E-state index contributed by atoms with van der Waals surface area (Å²) in [6, 6.07) is 0. The number of nitrogens with zero attached hydrogens (tertiary/aromatic N) is 2. The molecular formula is C14H25N3O2S. The van der Waals surface area contributed by atoms with E-state index in [2.05, 4.69) is 17.3 Å². The smallest absolute Gasteiger partial charge is 0.325 e. The number of aryl methyl sites for hydroxylation is 1. The van der Waals surface area contributed by atoms with Gasteiger partial charge in [0.2, 0.25) is 0 Å². The fraction of sp³-hybridized carbons (Fsp3) is 0.714. The van der Waals surface area contributed by atoms with Gasteiger partial charge in [0, 0.05) is 18.1 Å². The van der Waals surface area contributed by atoms with Gasteiger partial charge in [0.1, 0.15) is 5.54 Å². The molecule has 0 aliphatic carbocycles. The number of esters is 1. The Morgan fingerprint density at radius 1 is 1.60 bits per heavy atom. The average Bonchev–Trinajstić information content (AvgIpc) is 2.86. The lowest BCUT2D eigenvalue weighted by atomic mass is 9.96. The van der Waals surface area contributed by atoms with Gasteiger partial charge in [-0.05, 0) is 38.5 Å². The van der Waals surface area contributed by atoms with Crippen LogP contribution >= 0.6 is 11.8 Å². The van der Waals surface area contributed by atoms with Crippen molar-refractivity contribution in [2.75, 3.05) is 19.4 Å². The zero-order valence-corrected chi connectivity index (χ0v) is 13.6. The molecule has 1 unspecified atom stereocenters. The molecule has 1 aromatic rings. The maximum Gasteiger partial charge on any atom is 0.325 e. The summed E-state index contributed by atoms with van der Waals surface area (Å²) in [4.78, 5) is 13.1. The van der Waals surface area contributed by atoms with Crippen LogP contribution in [0.15, 0.2) is 17.3 Å². The summed E-state index contributed by atoms with van der Waals surface area (Å²) in [6.07, 6.45) is 6.57. The van der Waals surface area contributed by atoms with Crippen LogP contribution < -0.4 is 5.32 Å². The third kappa shape index (κ3) is 5.17. The highest BCUT2D eigenvalue weighted by Crippen LogP contribution is 2.21. The largest absolute Gasteiger partial charge is 0.468 e. The van der Waals surface area contributed by atoms with E-state index < -0.39 is 5.54 Å². The normalized spacial score (nSPS) is 14.0. The fourth-order valence-electron chi connectivity index (χ4n) is 1.98. The van der Waals surface area contributed by atoms with Crippen molar-refractivity contribution in [3.05, 3.63) is 12.4 Å². The van der Waals surface area contributed by atoms with Gasteiger partial charge < -0.3 is 10.1 Å². The minimum atomic E-state index is -0.583. The van der Waals surface area contributed by atoms with E-state index in [0.717, 1.165) is 36.5 Å². The fourth-order valence-corrected chi connectivity index (χ4v) is 2.85. The maximum atomic E-state index is 11.9. The predicted octanol–water partition coefficient (Wildman–Crippen LogP) is 2.22. The minimum Gasteiger partial charge on any atom is -0.468 e. The molecule has 0 bridgehead atoms. The Kier molecular flexibility index (Phi) is 7.09. The Labute approximate surface area is 125 Å². The first kappa shape index (κ1) is 17.0. The Morgan fingerprint density at radius 2 is 2.35 bits per heavy atom. The number of carbonyl (C=O) groups is 1. The second-order valence-electron chi connectivity index (χ2n) is 5.05. The van der Waals surface area contributed by atoms with Crippen molar-refractivity contribution in [3.63, 3.8) is 0 Å². The van der Waals surface area contributed by atoms with E-state index in [1.165, 1.54) is 7.11 Å². The van der Waals surface area contributed by atoms with Crippen molar-refractivity contribution in [1.29, 1.82) is 0 Å². The Hall–Kier alpha value is -1.01. The van der Waals surface area contributed by atoms with Crippen LogP contribution in [0, 0.1) is 0 Å². The third-order valence-electron chi connectivity index (χ3n) is 3.17. The maximum absolute atomic E-state index is 11.9. The molecule has 0 aliphatic heterocycles. The number of thioether (sulfide) groups is 1. The summed E-state index contributed by atoms with van der Waals surface area (Å²) in [5.74, 6) is 0.781. The van der Waals surface area contributed by atoms with Crippen LogP contribution in [0.25, 0.3) is 0 Å². The van der Waals surface area contributed by atoms with E-state index in [1.54, 1.807) is 16.4 Å². The van der Waals surface area contributed by atoms with Gasteiger partial charge >= 0.3 is 5.97 Å². The molecule has 0 spiro atoms. The van der Waals surface area contributed by atoms with Crippen molar-refractivity contribution < 1.29 is 9.53 Å². The van der Waals surface area contributed by atoms with Gasteiger partial charge in [-0.3, -0.25) is 9.48 Å². The van der Waals surface area contributed by atoms with Crippen LogP contribution in [0.3, 0.4) is 0 Å². The molecule has 1 N–H and O–H groups in total. The lowest BCUT2D eigenvalue weighted by Gasteiger charge is -2.27. The number of methoxy groups -OCH3 is 1. The van der Waals surface area contributed by atoms with E-state index in [0.29, 0.717) is 0 Å². The summed E-state index contributed by atoms with van der Waals surface area (Å²) in [6.45, 7) is 4.83. The zero-order chi connectivity index (χ0) is 15.0. The highest BCUT2D eigenvalue weighted by Gasteiger charge is 2.32. The molecule has 0 radical (unpaired) electrons. The summed E-state index contributed by atoms with van der Waals surface area (Å²) in [7, 11) is 3.35. The van der Waals surface area contributed by atoms with E-state index >= 15 is 0 Å². The van der Waals surface area contributed by atoms with Crippen LogP contribution in [0.5, 0.6) is 0 Å². The molecule has 1 aromatic heterocycles. The number of rotatable bonds is 9. The van der Waals surface area contributed by atoms with Crippen molar-refractivity contribution in [3.8, 4) is 0 Å². The Balaban J connectivity index is 2.39. The Morgan fingerprint density at radius 3 is 2.90 bits per heavy atom. The van der Waals surface area contributed by atoms with Crippen molar-refractivity contribution >= 4 is 17.7 Å². The number of ether oxygens (including phenoxy) is 1. The molecule has 6 heteroatoms. The van der Waals surface area contributed by atoms with Crippen LogP contribution in [-0.2, 0) is 16.6 Å². The second kappa shape index (κ2) is 8.32. The topological polar surface area (TPSA) is 56.2 Å². The molecule has 0 saturated heterocycles. The van der Waals surface area contributed by atoms with E-state index in [4.69, 9.17) is 4.74 Å². The highest BCUT2D eigenvalue weighted by molar-refractivity contribution is 7.99. The summed E-state index contributed by atoms with van der Waals surface area (Å²) in [5.41, 5.74) is -0.583. The van der Waals surface area contributed by atoms with Gasteiger partial charge in [0.25, 0.3) is 0 Å². The number of hydrogen-bond donors (Lipinski definition) is 1. The molecule has 1 heterocycles. The van der Waals surface area contributed by atoms with Crippen LogP contribution in [-0.4, -0.2) is 40.7 Å². The molecule has 114 valence electrons. The summed E-state index contributed by atoms with van der Waals surface area (Å²) >= 11 is 1.76. The van der Waals surface area contributed by atoms with Crippen LogP contribution in [0.1, 0.15) is 33.1 Å².